The molecule has 118 valence electrons. The van der Waals surface area contributed by atoms with Crippen molar-refractivity contribution < 1.29 is 17.9 Å². The van der Waals surface area contributed by atoms with E-state index in [1.54, 1.807) is 12.0 Å². The third kappa shape index (κ3) is 2.32. The molecule has 1 unspecified atom stereocenters. The predicted molar refractivity (Wildman–Crippen MR) is 79.6 cm³/mol. The van der Waals surface area contributed by atoms with Crippen molar-refractivity contribution in [3.63, 3.8) is 0 Å². The normalized spacial score (nSPS) is 30.0. The second-order valence-electron chi connectivity index (χ2n) is 6.46. The summed E-state index contributed by atoms with van der Waals surface area (Å²) in [5.41, 5.74) is 0.870. The summed E-state index contributed by atoms with van der Waals surface area (Å²) in [7, 11) is -1.51. The average Bonchev–Trinajstić information content (AvgIpc) is 2.69. The topological polar surface area (TPSA) is 63.7 Å². The lowest BCUT2D eigenvalue weighted by Crippen LogP contribution is -2.69. The molecular weight excluding hydrogens is 290 g/mol. The molecule has 0 aromatic heterocycles. The Morgan fingerprint density at radius 2 is 2.19 bits per heavy atom. The SMILES string of the molecule is COCC1CCS(=O)(=O)C12CN(C(=O)C1=CCCCC1)C2. The molecule has 0 radical (unpaired) electrons. The Morgan fingerprint density at radius 3 is 2.81 bits per heavy atom. The van der Waals surface area contributed by atoms with E-state index in [0.29, 0.717) is 26.1 Å². The van der Waals surface area contributed by atoms with Gasteiger partial charge in [-0.3, -0.25) is 4.79 Å². The Bertz CT molecular complexity index is 560. The molecule has 0 saturated carbocycles. The third-order valence-electron chi connectivity index (χ3n) is 5.24. The Labute approximate surface area is 126 Å². The summed E-state index contributed by atoms with van der Waals surface area (Å²) >= 11 is 0. The molecule has 3 aliphatic rings. The van der Waals surface area contributed by atoms with Gasteiger partial charge in [-0.2, -0.15) is 0 Å². The van der Waals surface area contributed by atoms with Gasteiger partial charge in [0.25, 0.3) is 0 Å². The molecule has 0 bridgehead atoms. The standard InChI is InChI=1S/C15H23NO4S/c1-20-9-13-7-8-21(18,19)15(13)10-16(11-15)14(17)12-5-3-2-4-6-12/h5,13H,2-4,6-11H2,1H3. The van der Waals surface area contributed by atoms with Crippen molar-refractivity contribution in [3.8, 4) is 0 Å². The maximum absolute atomic E-state index is 12.4. The predicted octanol–water partition coefficient (Wildman–Crippen LogP) is 1.15. The fourth-order valence-corrected chi connectivity index (χ4v) is 6.29. The van der Waals surface area contributed by atoms with Gasteiger partial charge in [-0.25, -0.2) is 8.42 Å². The van der Waals surface area contributed by atoms with Crippen molar-refractivity contribution in [3.05, 3.63) is 11.6 Å². The molecule has 0 aromatic rings. The van der Waals surface area contributed by atoms with Gasteiger partial charge in [-0.05, 0) is 32.1 Å². The van der Waals surface area contributed by atoms with Crippen LogP contribution in [0.25, 0.3) is 0 Å². The highest BCUT2D eigenvalue weighted by Crippen LogP contribution is 2.45. The second-order valence-corrected chi connectivity index (χ2v) is 8.91. The zero-order chi connectivity index (χ0) is 15.1. The number of hydrogen-bond acceptors (Lipinski definition) is 4. The molecule has 0 N–H and O–H groups in total. The van der Waals surface area contributed by atoms with Gasteiger partial charge in [0.1, 0.15) is 4.75 Å². The lowest BCUT2D eigenvalue weighted by atomic mass is 9.83. The highest BCUT2D eigenvalue weighted by atomic mass is 32.2. The summed E-state index contributed by atoms with van der Waals surface area (Å²) in [5, 5.41) is 0. The van der Waals surface area contributed by atoms with Crippen molar-refractivity contribution in [2.24, 2.45) is 5.92 Å². The van der Waals surface area contributed by atoms with Gasteiger partial charge in [0, 0.05) is 31.7 Å². The first-order valence-electron chi connectivity index (χ1n) is 7.70. The van der Waals surface area contributed by atoms with Gasteiger partial charge < -0.3 is 9.64 Å². The number of sulfone groups is 1. The van der Waals surface area contributed by atoms with E-state index in [4.69, 9.17) is 4.74 Å². The van der Waals surface area contributed by atoms with Gasteiger partial charge >= 0.3 is 0 Å². The Morgan fingerprint density at radius 1 is 1.43 bits per heavy atom. The van der Waals surface area contributed by atoms with E-state index in [-0.39, 0.29) is 17.6 Å². The average molecular weight is 313 g/mol. The highest BCUT2D eigenvalue weighted by Gasteiger charge is 2.62. The number of hydrogen-bond donors (Lipinski definition) is 0. The fraction of sp³-hybridized carbons (Fsp3) is 0.800. The Hall–Kier alpha value is -0.880. The Kier molecular flexibility index (Phi) is 3.86. The molecule has 3 rings (SSSR count). The number of nitrogens with zero attached hydrogens (tertiary/aromatic N) is 1. The molecule has 2 heterocycles. The first kappa shape index (κ1) is 15.0. The molecule has 2 fully saturated rings. The van der Waals surface area contributed by atoms with E-state index in [0.717, 1.165) is 31.3 Å². The van der Waals surface area contributed by atoms with Crippen LogP contribution in [-0.2, 0) is 19.4 Å². The first-order chi connectivity index (χ1) is 10.00. The lowest BCUT2D eigenvalue weighted by molar-refractivity contribution is -0.133. The molecule has 0 aromatic carbocycles. The zero-order valence-corrected chi connectivity index (χ0v) is 13.3. The van der Waals surface area contributed by atoms with Crippen molar-refractivity contribution >= 4 is 15.7 Å². The maximum atomic E-state index is 12.4. The molecule has 1 spiro atoms. The molecule has 1 aliphatic carbocycles. The van der Waals surface area contributed by atoms with Gasteiger partial charge in [0.05, 0.1) is 12.4 Å². The van der Waals surface area contributed by atoms with Crippen LogP contribution in [0.4, 0.5) is 0 Å². The first-order valence-corrected chi connectivity index (χ1v) is 9.35. The minimum atomic E-state index is -3.11. The van der Waals surface area contributed by atoms with E-state index >= 15 is 0 Å². The summed E-state index contributed by atoms with van der Waals surface area (Å²) in [6.45, 7) is 1.16. The number of carbonyl (C=O) groups is 1. The van der Waals surface area contributed by atoms with Crippen LogP contribution < -0.4 is 0 Å². The maximum Gasteiger partial charge on any atom is 0.249 e. The largest absolute Gasteiger partial charge is 0.384 e. The summed E-state index contributed by atoms with van der Waals surface area (Å²) in [6, 6.07) is 0. The van der Waals surface area contributed by atoms with E-state index in [9.17, 15) is 13.2 Å². The number of allylic oxidation sites excluding steroid dienone is 1. The van der Waals surface area contributed by atoms with Crippen LogP contribution in [0.1, 0.15) is 32.1 Å². The van der Waals surface area contributed by atoms with E-state index < -0.39 is 14.6 Å². The van der Waals surface area contributed by atoms with Crippen LogP contribution in [0.5, 0.6) is 0 Å². The van der Waals surface area contributed by atoms with Crippen LogP contribution in [0.3, 0.4) is 0 Å². The van der Waals surface area contributed by atoms with Crippen molar-refractivity contribution in [1.82, 2.24) is 4.90 Å². The quantitative estimate of drug-likeness (QED) is 0.784. The van der Waals surface area contributed by atoms with Crippen molar-refractivity contribution in [2.45, 2.75) is 36.9 Å². The lowest BCUT2D eigenvalue weighted by Gasteiger charge is -2.50. The zero-order valence-electron chi connectivity index (χ0n) is 12.5. The van der Waals surface area contributed by atoms with Crippen LogP contribution in [0.2, 0.25) is 0 Å². The van der Waals surface area contributed by atoms with E-state index in [1.165, 1.54) is 0 Å². The molecule has 5 nitrogen and oxygen atoms in total. The van der Waals surface area contributed by atoms with Gasteiger partial charge in [-0.15, -0.1) is 0 Å². The number of carbonyl (C=O) groups excluding carboxylic acids is 1. The molecule has 2 aliphatic heterocycles. The van der Waals surface area contributed by atoms with E-state index in [1.807, 2.05) is 6.08 Å². The molecular formula is C15H23NO4S. The smallest absolute Gasteiger partial charge is 0.249 e. The fourth-order valence-electron chi connectivity index (χ4n) is 3.89. The minimum absolute atomic E-state index is 0.0249. The highest BCUT2D eigenvalue weighted by molar-refractivity contribution is 7.93. The van der Waals surface area contributed by atoms with Gasteiger partial charge in [0.15, 0.2) is 9.84 Å². The van der Waals surface area contributed by atoms with E-state index in [2.05, 4.69) is 0 Å². The number of likely N-dealkylation sites (tertiary alicyclic amines) is 1. The van der Waals surface area contributed by atoms with Crippen LogP contribution in [0, 0.1) is 5.92 Å². The third-order valence-corrected chi connectivity index (χ3v) is 7.84. The van der Waals surface area contributed by atoms with Crippen LogP contribution in [0.15, 0.2) is 11.6 Å². The monoisotopic (exact) mass is 313 g/mol. The van der Waals surface area contributed by atoms with Crippen LogP contribution >= 0.6 is 0 Å². The summed E-state index contributed by atoms with van der Waals surface area (Å²) in [4.78, 5) is 14.1. The molecule has 1 amide bonds. The van der Waals surface area contributed by atoms with Crippen LogP contribution in [-0.4, -0.2) is 56.5 Å². The molecule has 6 heteroatoms. The molecule has 2 saturated heterocycles. The van der Waals surface area contributed by atoms with Crippen molar-refractivity contribution in [2.75, 3.05) is 32.6 Å². The van der Waals surface area contributed by atoms with Gasteiger partial charge in [0.2, 0.25) is 5.91 Å². The molecule has 21 heavy (non-hydrogen) atoms. The minimum Gasteiger partial charge on any atom is -0.384 e. The summed E-state index contributed by atoms with van der Waals surface area (Å²) in [6.07, 6.45) is 6.67. The second kappa shape index (κ2) is 5.39. The van der Waals surface area contributed by atoms with Crippen molar-refractivity contribution in [1.29, 1.82) is 0 Å². The number of amides is 1. The molecule has 1 atom stereocenters. The number of methoxy groups -OCH3 is 1. The summed E-state index contributed by atoms with van der Waals surface area (Å²) < 4.78 is 29.2. The van der Waals surface area contributed by atoms with Gasteiger partial charge in [-0.1, -0.05) is 6.08 Å². The number of rotatable bonds is 3. The Balaban J connectivity index is 1.73. The summed E-state index contributed by atoms with van der Waals surface area (Å²) in [5.74, 6) is 0.293. The number of ether oxygens (including phenoxy) is 1.